The molecule has 0 unspecified atom stereocenters. The highest BCUT2D eigenvalue weighted by Crippen LogP contribution is 2.38. The standard InChI is InChI=1S/C14H28OSi/c1-8-9-10-11-12-13(2)15-16(6,7)14(3,4)5/h8H,1-2,9-12H2,3-7H3. The first-order chi connectivity index (χ1) is 7.20. The molecule has 0 spiro atoms. The van der Waals surface area contributed by atoms with Crippen LogP contribution in [0.3, 0.4) is 0 Å². The van der Waals surface area contributed by atoms with Crippen molar-refractivity contribution in [3.05, 3.63) is 25.0 Å². The van der Waals surface area contributed by atoms with E-state index in [1.807, 2.05) is 6.08 Å². The van der Waals surface area contributed by atoms with Crippen LogP contribution in [0.25, 0.3) is 0 Å². The van der Waals surface area contributed by atoms with E-state index in [4.69, 9.17) is 4.43 Å². The molecule has 2 heteroatoms. The van der Waals surface area contributed by atoms with E-state index in [-0.39, 0.29) is 5.04 Å². The lowest BCUT2D eigenvalue weighted by atomic mass is 10.2. The smallest absolute Gasteiger partial charge is 0.250 e. The van der Waals surface area contributed by atoms with Crippen molar-refractivity contribution in [1.82, 2.24) is 0 Å². The second-order valence-electron chi connectivity index (χ2n) is 5.94. The van der Waals surface area contributed by atoms with E-state index in [0.29, 0.717) is 0 Å². The van der Waals surface area contributed by atoms with Crippen LogP contribution in [0.2, 0.25) is 18.1 Å². The van der Waals surface area contributed by atoms with Crippen molar-refractivity contribution in [3.63, 3.8) is 0 Å². The van der Waals surface area contributed by atoms with Crippen molar-refractivity contribution in [2.75, 3.05) is 0 Å². The quantitative estimate of drug-likeness (QED) is 0.255. The first kappa shape index (κ1) is 15.5. The summed E-state index contributed by atoms with van der Waals surface area (Å²) in [5, 5.41) is 0.261. The van der Waals surface area contributed by atoms with Crippen molar-refractivity contribution in [2.45, 2.75) is 64.6 Å². The monoisotopic (exact) mass is 240 g/mol. The lowest BCUT2D eigenvalue weighted by Crippen LogP contribution is -2.40. The first-order valence-electron chi connectivity index (χ1n) is 6.18. The van der Waals surface area contributed by atoms with Crippen LogP contribution in [0.5, 0.6) is 0 Å². The summed E-state index contributed by atoms with van der Waals surface area (Å²) in [6.07, 6.45) is 6.38. The van der Waals surface area contributed by atoms with E-state index in [1.54, 1.807) is 0 Å². The summed E-state index contributed by atoms with van der Waals surface area (Å²) in [7, 11) is -1.66. The molecule has 0 N–H and O–H groups in total. The maximum absolute atomic E-state index is 6.10. The Labute approximate surface area is 103 Å². The van der Waals surface area contributed by atoms with Gasteiger partial charge in [-0.25, -0.2) is 0 Å². The molecular formula is C14H28OSi. The van der Waals surface area contributed by atoms with Gasteiger partial charge in [-0.2, -0.15) is 0 Å². The molecule has 0 aromatic carbocycles. The molecule has 0 aromatic heterocycles. The summed E-state index contributed by atoms with van der Waals surface area (Å²) >= 11 is 0. The second kappa shape index (κ2) is 6.29. The van der Waals surface area contributed by atoms with Gasteiger partial charge in [0.15, 0.2) is 0 Å². The summed E-state index contributed by atoms with van der Waals surface area (Å²) in [6, 6.07) is 0. The van der Waals surface area contributed by atoms with E-state index in [9.17, 15) is 0 Å². The average Bonchev–Trinajstić information content (AvgIpc) is 2.10. The first-order valence-corrected chi connectivity index (χ1v) is 9.09. The fourth-order valence-electron chi connectivity index (χ4n) is 1.18. The molecule has 0 atom stereocenters. The fourth-order valence-corrected chi connectivity index (χ4v) is 2.31. The third kappa shape index (κ3) is 5.55. The molecular weight excluding hydrogens is 212 g/mol. The highest BCUT2D eigenvalue weighted by molar-refractivity contribution is 6.74. The van der Waals surface area contributed by atoms with Crippen molar-refractivity contribution >= 4 is 8.32 Å². The van der Waals surface area contributed by atoms with E-state index in [2.05, 4.69) is 47.0 Å². The minimum absolute atomic E-state index is 0.261. The van der Waals surface area contributed by atoms with Gasteiger partial charge < -0.3 is 4.43 Å². The normalized spacial score (nSPS) is 12.3. The van der Waals surface area contributed by atoms with Crippen molar-refractivity contribution in [3.8, 4) is 0 Å². The van der Waals surface area contributed by atoms with E-state index >= 15 is 0 Å². The maximum atomic E-state index is 6.10. The van der Waals surface area contributed by atoms with Crippen LogP contribution >= 0.6 is 0 Å². The minimum atomic E-state index is -1.66. The van der Waals surface area contributed by atoms with Crippen LogP contribution in [0, 0.1) is 0 Å². The summed E-state index contributed by atoms with van der Waals surface area (Å²) in [5.74, 6) is 0.968. The molecule has 0 rings (SSSR count). The molecule has 0 aliphatic rings. The summed E-state index contributed by atoms with van der Waals surface area (Å²) in [6.45, 7) is 19.1. The largest absolute Gasteiger partial charge is 0.547 e. The molecule has 0 heterocycles. The zero-order chi connectivity index (χ0) is 12.8. The molecule has 0 saturated carbocycles. The summed E-state index contributed by atoms with van der Waals surface area (Å²) in [5.41, 5.74) is 0. The predicted molar refractivity (Wildman–Crippen MR) is 76.1 cm³/mol. The molecule has 1 nitrogen and oxygen atoms in total. The van der Waals surface area contributed by atoms with Gasteiger partial charge in [-0.05, 0) is 37.4 Å². The molecule has 0 amide bonds. The Hall–Kier alpha value is -0.503. The minimum Gasteiger partial charge on any atom is -0.547 e. The van der Waals surface area contributed by atoms with E-state index in [0.717, 1.165) is 25.0 Å². The van der Waals surface area contributed by atoms with Gasteiger partial charge in [-0.1, -0.05) is 33.4 Å². The second-order valence-corrected chi connectivity index (χ2v) is 10.7. The van der Waals surface area contributed by atoms with Crippen molar-refractivity contribution < 1.29 is 4.43 Å². The number of hydrogen-bond donors (Lipinski definition) is 0. The van der Waals surface area contributed by atoms with E-state index < -0.39 is 8.32 Å². The molecule has 0 aromatic rings. The number of allylic oxidation sites excluding steroid dienone is 2. The van der Waals surface area contributed by atoms with Gasteiger partial charge in [0.05, 0.1) is 5.76 Å². The van der Waals surface area contributed by atoms with Crippen LogP contribution in [-0.4, -0.2) is 8.32 Å². The Morgan fingerprint density at radius 2 is 1.81 bits per heavy atom. The SMILES string of the molecule is C=CCCCCC(=C)O[Si](C)(C)C(C)(C)C. The Kier molecular flexibility index (Phi) is 6.09. The maximum Gasteiger partial charge on any atom is 0.250 e. The molecule has 0 saturated heterocycles. The number of rotatable bonds is 7. The Bertz CT molecular complexity index is 236. The van der Waals surface area contributed by atoms with Crippen LogP contribution < -0.4 is 0 Å². The van der Waals surface area contributed by atoms with Gasteiger partial charge >= 0.3 is 0 Å². The predicted octanol–water partition coefficient (Wildman–Crippen LogP) is 5.27. The molecule has 0 aliphatic carbocycles. The number of hydrogen-bond acceptors (Lipinski definition) is 1. The molecule has 0 bridgehead atoms. The van der Waals surface area contributed by atoms with Gasteiger partial charge in [0, 0.05) is 6.42 Å². The van der Waals surface area contributed by atoms with E-state index in [1.165, 1.54) is 6.42 Å². The third-order valence-electron chi connectivity index (χ3n) is 3.32. The van der Waals surface area contributed by atoms with Crippen LogP contribution in [0.4, 0.5) is 0 Å². The molecule has 94 valence electrons. The van der Waals surface area contributed by atoms with Gasteiger partial charge in [0.25, 0.3) is 0 Å². The van der Waals surface area contributed by atoms with Crippen molar-refractivity contribution in [2.24, 2.45) is 0 Å². The highest BCUT2D eigenvalue weighted by atomic mass is 28.4. The Morgan fingerprint density at radius 3 is 2.25 bits per heavy atom. The lowest BCUT2D eigenvalue weighted by Gasteiger charge is -2.37. The third-order valence-corrected chi connectivity index (χ3v) is 7.73. The topological polar surface area (TPSA) is 9.23 Å². The van der Waals surface area contributed by atoms with Gasteiger partial charge in [0.2, 0.25) is 8.32 Å². The summed E-state index contributed by atoms with van der Waals surface area (Å²) in [4.78, 5) is 0. The van der Waals surface area contributed by atoms with Gasteiger partial charge in [0.1, 0.15) is 0 Å². The van der Waals surface area contributed by atoms with Crippen molar-refractivity contribution in [1.29, 1.82) is 0 Å². The van der Waals surface area contributed by atoms with Gasteiger partial charge in [-0.15, -0.1) is 6.58 Å². The van der Waals surface area contributed by atoms with Gasteiger partial charge in [-0.3, -0.25) is 0 Å². The zero-order valence-electron chi connectivity index (χ0n) is 11.7. The zero-order valence-corrected chi connectivity index (χ0v) is 12.7. The molecule has 0 aliphatic heterocycles. The molecule has 0 fully saturated rings. The average molecular weight is 240 g/mol. The Balaban J connectivity index is 4.00. The fraction of sp³-hybridized carbons (Fsp3) is 0.714. The summed E-state index contributed by atoms with van der Waals surface area (Å²) < 4.78 is 6.10. The lowest BCUT2D eigenvalue weighted by molar-refractivity contribution is 0.364. The number of unbranched alkanes of at least 4 members (excludes halogenated alkanes) is 2. The van der Waals surface area contributed by atoms with Crippen LogP contribution in [0.15, 0.2) is 25.0 Å². The molecule has 0 radical (unpaired) electrons. The molecule has 16 heavy (non-hydrogen) atoms. The van der Waals surface area contributed by atoms with Crippen LogP contribution in [-0.2, 0) is 4.43 Å². The van der Waals surface area contributed by atoms with Crippen LogP contribution in [0.1, 0.15) is 46.5 Å². The highest BCUT2D eigenvalue weighted by Gasteiger charge is 2.38. The Morgan fingerprint density at radius 1 is 1.25 bits per heavy atom.